The van der Waals surface area contributed by atoms with Gasteiger partial charge in [0.05, 0.1) is 4.91 Å². The van der Waals surface area contributed by atoms with E-state index in [9.17, 15) is 9.59 Å². The van der Waals surface area contributed by atoms with Crippen molar-refractivity contribution in [1.29, 1.82) is 0 Å². The highest BCUT2D eigenvalue weighted by Gasteiger charge is 2.28. The number of thioether (sulfide) groups is 1. The van der Waals surface area contributed by atoms with E-state index >= 15 is 0 Å². The molecule has 1 fully saturated rings. The Bertz CT molecular complexity index is 856. The summed E-state index contributed by atoms with van der Waals surface area (Å²) in [7, 11) is 1.65. The number of benzene rings is 1. The minimum absolute atomic E-state index is 0.117. The Kier molecular flexibility index (Phi) is 4.50. The lowest BCUT2D eigenvalue weighted by atomic mass is 10.1. The minimum atomic E-state index is -0.283. The lowest BCUT2D eigenvalue weighted by molar-refractivity contribution is -0.121. The summed E-state index contributed by atoms with van der Waals surface area (Å²) in [6, 6.07) is 8.54. The van der Waals surface area contributed by atoms with Crippen LogP contribution in [0.3, 0.4) is 0 Å². The number of nitrogens with one attached hydrogen (secondary N) is 1. The van der Waals surface area contributed by atoms with Gasteiger partial charge >= 0.3 is 0 Å². The number of thiocarbonyl (C=S) groups is 1. The zero-order valence-corrected chi connectivity index (χ0v) is 14.5. The first-order valence-electron chi connectivity index (χ1n) is 7.00. The molecule has 8 heteroatoms. The van der Waals surface area contributed by atoms with Crippen molar-refractivity contribution >= 4 is 52.0 Å². The van der Waals surface area contributed by atoms with E-state index in [0.29, 0.717) is 26.4 Å². The van der Waals surface area contributed by atoms with E-state index in [-0.39, 0.29) is 11.8 Å². The van der Waals surface area contributed by atoms with Crippen LogP contribution in [0, 0.1) is 6.92 Å². The molecule has 0 bridgehead atoms. The second-order valence-corrected chi connectivity index (χ2v) is 6.82. The smallest absolute Gasteiger partial charge is 0.265 e. The van der Waals surface area contributed by atoms with Crippen LogP contribution >= 0.6 is 24.0 Å². The van der Waals surface area contributed by atoms with Crippen molar-refractivity contribution in [2.45, 2.75) is 6.92 Å². The van der Waals surface area contributed by atoms with Crippen LogP contribution in [0.25, 0.3) is 6.08 Å². The number of anilines is 1. The Morgan fingerprint density at radius 2 is 2.08 bits per heavy atom. The summed E-state index contributed by atoms with van der Waals surface area (Å²) in [6.07, 6.45) is 1.76. The van der Waals surface area contributed by atoms with Gasteiger partial charge in [-0.3, -0.25) is 14.5 Å². The highest BCUT2D eigenvalue weighted by molar-refractivity contribution is 8.26. The molecule has 3 rings (SSSR count). The number of hydrogen-bond acceptors (Lipinski definition) is 6. The molecule has 2 amide bonds. The zero-order valence-electron chi connectivity index (χ0n) is 12.9. The first kappa shape index (κ1) is 16.4. The van der Waals surface area contributed by atoms with E-state index in [1.54, 1.807) is 50.4 Å². The van der Waals surface area contributed by atoms with E-state index in [2.05, 4.69) is 10.5 Å². The van der Waals surface area contributed by atoms with Crippen LogP contribution in [0.1, 0.15) is 21.7 Å². The van der Waals surface area contributed by atoms with Crippen molar-refractivity contribution in [3.8, 4) is 0 Å². The molecule has 24 heavy (non-hydrogen) atoms. The molecule has 0 radical (unpaired) electrons. The van der Waals surface area contributed by atoms with E-state index in [1.807, 2.05) is 0 Å². The van der Waals surface area contributed by atoms with Gasteiger partial charge in [0.2, 0.25) is 0 Å². The van der Waals surface area contributed by atoms with Crippen molar-refractivity contribution in [2.24, 2.45) is 0 Å². The fourth-order valence-electron chi connectivity index (χ4n) is 2.04. The van der Waals surface area contributed by atoms with Gasteiger partial charge < -0.3 is 9.84 Å². The van der Waals surface area contributed by atoms with Crippen molar-refractivity contribution in [3.63, 3.8) is 0 Å². The molecular formula is C16H13N3O3S2. The van der Waals surface area contributed by atoms with Crippen molar-refractivity contribution in [2.75, 3.05) is 12.4 Å². The largest absolute Gasteiger partial charge is 0.360 e. The van der Waals surface area contributed by atoms with Gasteiger partial charge in [-0.05, 0) is 30.7 Å². The number of aromatic nitrogens is 1. The predicted octanol–water partition coefficient (Wildman–Crippen LogP) is 3.07. The summed E-state index contributed by atoms with van der Waals surface area (Å²) in [5.74, 6) is 0.588. The van der Waals surface area contributed by atoms with Crippen LogP contribution in [-0.4, -0.2) is 33.2 Å². The summed E-state index contributed by atoms with van der Waals surface area (Å²) < 4.78 is 5.43. The normalized spacial score (nSPS) is 16.1. The van der Waals surface area contributed by atoms with E-state index in [0.717, 1.165) is 5.56 Å². The number of carbonyl (C=O) groups is 2. The number of nitrogens with zero attached hydrogens (tertiary/aromatic N) is 2. The van der Waals surface area contributed by atoms with Crippen LogP contribution in [0.5, 0.6) is 0 Å². The summed E-state index contributed by atoms with van der Waals surface area (Å²) in [6.45, 7) is 1.75. The third-order valence-corrected chi connectivity index (χ3v) is 4.81. The third-order valence-electron chi connectivity index (χ3n) is 3.33. The molecule has 6 nitrogen and oxygen atoms in total. The van der Waals surface area contributed by atoms with Crippen LogP contribution in [0.4, 0.5) is 5.82 Å². The summed E-state index contributed by atoms with van der Waals surface area (Å²) in [5.41, 5.74) is 1.30. The molecule has 0 unspecified atom stereocenters. The summed E-state index contributed by atoms with van der Waals surface area (Å²) >= 11 is 6.35. The monoisotopic (exact) mass is 359 g/mol. The van der Waals surface area contributed by atoms with Crippen LogP contribution in [0.2, 0.25) is 0 Å². The maximum absolute atomic E-state index is 12.1. The van der Waals surface area contributed by atoms with Gasteiger partial charge in [0, 0.05) is 18.7 Å². The Balaban J connectivity index is 1.73. The second-order valence-electron chi connectivity index (χ2n) is 5.14. The maximum Gasteiger partial charge on any atom is 0.265 e. The predicted molar refractivity (Wildman–Crippen MR) is 96.6 cm³/mol. The highest BCUT2D eigenvalue weighted by Crippen LogP contribution is 2.31. The van der Waals surface area contributed by atoms with Crippen LogP contribution in [0.15, 0.2) is 39.8 Å². The lowest BCUT2D eigenvalue weighted by Crippen LogP contribution is -2.22. The number of aryl methyl sites for hydroxylation is 1. The van der Waals surface area contributed by atoms with E-state index < -0.39 is 0 Å². The number of hydrogen-bond donors (Lipinski definition) is 1. The van der Waals surface area contributed by atoms with Gasteiger partial charge in [-0.15, -0.1) is 0 Å². The minimum Gasteiger partial charge on any atom is -0.360 e. The van der Waals surface area contributed by atoms with Gasteiger partial charge in [0.25, 0.3) is 11.8 Å². The van der Waals surface area contributed by atoms with Crippen molar-refractivity contribution in [1.82, 2.24) is 10.1 Å². The molecule has 2 heterocycles. The SMILES string of the molecule is Cc1cc(NC(=O)c2ccc(C=C3SC(=S)N(C)C3=O)cc2)no1. The Morgan fingerprint density at radius 3 is 2.62 bits per heavy atom. The summed E-state index contributed by atoms with van der Waals surface area (Å²) in [5, 5.41) is 6.37. The number of rotatable bonds is 3. The van der Waals surface area contributed by atoms with Crippen LogP contribution < -0.4 is 5.32 Å². The highest BCUT2D eigenvalue weighted by atomic mass is 32.2. The molecule has 122 valence electrons. The topological polar surface area (TPSA) is 75.4 Å². The van der Waals surface area contributed by atoms with Gasteiger partial charge in [-0.25, -0.2) is 0 Å². The number of carbonyl (C=O) groups excluding carboxylic acids is 2. The molecule has 1 aromatic carbocycles. The zero-order chi connectivity index (χ0) is 17.3. The summed E-state index contributed by atoms with van der Waals surface area (Å²) in [4.78, 5) is 26.1. The van der Waals surface area contributed by atoms with Gasteiger partial charge in [-0.1, -0.05) is 41.3 Å². The molecule has 1 saturated heterocycles. The molecular weight excluding hydrogens is 346 g/mol. The fourth-order valence-corrected chi connectivity index (χ4v) is 3.22. The molecule has 1 aliphatic heterocycles. The number of amides is 2. The fraction of sp³-hybridized carbons (Fsp3) is 0.125. The van der Waals surface area contributed by atoms with Crippen molar-refractivity contribution < 1.29 is 14.1 Å². The van der Waals surface area contributed by atoms with Crippen LogP contribution in [-0.2, 0) is 4.79 Å². The maximum atomic E-state index is 12.1. The first-order chi connectivity index (χ1) is 11.4. The molecule has 1 aromatic heterocycles. The average molecular weight is 359 g/mol. The molecule has 0 saturated carbocycles. The molecule has 1 N–H and O–H groups in total. The third kappa shape index (κ3) is 3.39. The van der Waals surface area contributed by atoms with Crippen molar-refractivity contribution in [3.05, 3.63) is 52.1 Å². The van der Waals surface area contributed by atoms with Gasteiger partial charge in [-0.2, -0.15) is 0 Å². The quantitative estimate of drug-likeness (QED) is 0.670. The molecule has 0 aliphatic carbocycles. The van der Waals surface area contributed by atoms with E-state index in [4.69, 9.17) is 16.7 Å². The molecule has 2 aromatic rings. The Morgan fingerprint density at radius 1 is 1.38 bits per heavy atom. The molecule has 1 aliphatic rings. The lowest BCUT2D eigenvalue weighted by Gasteiger charge is -2.04. The molecule has 0 spiro atoms. The van der Waals surface area contributed by atoms with Gasteiger partial charge in [0.15, 0.2) is 5.82 Å². The number of likely N-dealkylation sites (N-methyl/N-ethyl adjacent to an activating group) is 1. The Labute approximate surface area is 147 Å². The molecule has 0 atom stereocenters. The average Bonchev–Trinajstić information content (AvgIpc) is 3.07. The van der Waals surface area contributed by atoms with E-state index in [1.165, 1.54) is 16.7 Å². The van der Waals surface area contributed by atoms with Gasteiger partial charge in [0.1, 0.15) is 10.1 Å². The standard InChI is InChI=1S/C16H13N3O3S2/c1-9-7-13(18-22-9)17-14(20)11-5-3-10(4-6-11)8-12-15(21)19(2)16(23)24-12/h3-8H,1-2H3,(H,17,18,20). The Hall–Kier alpha value is -2.45. The second kappa shape index (κ2) is 6.58. The first-order valence-corrected chi connectivity index (χ1v) is 8.23.